The van der Waals surface area contributed by atoms with E-state index in [0.717, 1.165) is 43.3 Å². The number of nitrogens with zero attached hydrogens (tertiary/aromatic N) is 7. The maximum atomic E-state index is 6.39. The maximum absolute atomic E-state index is 6.39. The van der Waals surface area contributed by atoms with Crippen LogP contribution >= 0.6 is 23.2 Å². The molecule has 0 radical (unpaired) electrons. The number of tetrazole rings is 1. The monoisotopic (exact) mass is 471 g/mol. The Morgan fingerprint density at radius 2 is 1.62 bits per heavy atom. The average molecular weight is 472 g/mol. The molecule has 4 rings (SSSR count). The van der Waals surface area contributed by atoms with Gasteiger partial charge in [0.05, 0.1) is 27.3 Å². The first-order valence-corrected chi connectivity index (χ1v) is 11.4. The number of hydrogen-bond donors (Lipinski definition) is 0. The molecule has 0 aliphatic carbocycles. The van der Waals surface area contributed by atoms with Gasteiger partial charge in [0.1, 0.15) is 0 Å². The standard InChI is InChI=1S/C23H27Cl2N7/c1-23(2,3)32-22(27-28-29-32)20(10-9-17-7-5-4-6-8-17)30-11-13-31(14-12-30)21-18(24)15-26-16-19(21)25/h4-10,15-16,20H,11-14H2,1-3H3/b10-9+. The lowest BCUT2D eigenvalue weighted by atomic mass is 10.1. The molecule has 32 heavy (non-hydrogen) atoms. The summed E-state index contributed by atoms with van der Waals surface area (Å²) in [7, 11) is 0. The zero-order chi connectivity index (χ0) is 22.7. The quantitative estimate of drug-likeness (QED) is 0.536. The lowest BCUT2D eigenvalue weighted by molar-refractivity contribution is 0.197. The third-order valence-corrected chi connectivity index (χ3v) is 6.07. The van der Waals surface area contributed by atoms with Crippen molar-refractivity contribution in [1.29, 1.82) is 0 Å². The average Bonchev–Trinajstić information content (AvgIpc) is 3.26. The first kappa shape index (κ1) is 22.7. The molecule has 9 heteroatoms. The van der Waals surface area contributed by atoms with Gasteiger partial charge in [-0.25, -0.2) is 4.68 Å². The Morgan fingerprint density at radius 1 is 0.969 bits per heavy atom. The number of halogens is 2. The highest BCUT2D eigenvalue weighted by atomic mass is 35.5. The van der Waals surface area contributed by atoms with E-state index in [4.69, 9.17) is 23.2 Å². The SMILES string of the molecule is CC(C)(C)n1nnnc1C(/C=C/c1ccccc1)N1CCN(c2c(Cl)cncc2Cl)CC1. The van der Waals surface area contributed by atoms with Crippen LogP contribution in [0.4, 0.5) is 5.69 Å². The number of rotatable bonds is 5. The summed E-state index contributed by atoms with van der Waals surface area (Å²) in [6.45, 7) is 9.53. The highest BCUT2D eigenvalue weighted by Crippen LogP contribution is 2.34. The predicted octanol–water partition coefficient (Wildman–Crippen LogP) is 4.71. The zero-order valence-corrected chi connectivity index (χ0v) is 20.0. The van der Waals surface area contributed by atoms with Crippen molar-refractivity contribution in [3.05, 3.63) is 70.2 Å². The van der Waals surface area contributed by atoms with Gasteiger partial charge >= 0.3 is 0 Å². The van der Waals surface area contributed by atoms with Crippen LogP contribution in [0.2, 0.25) is 10.0 Å². The molecule has 1 unspecified atom stereocenters. The fourth-order valence-corrected chi connectivity index (χ4v) is 4.53. The molecule has 1 atom stereocenters. The number of piperazine rings is 1. The van der Waals surface area contributed by atoms with Crippen LogP contribution in [0.15, 0.2) is 48.8 Å². The van der Waals surface area contributed by atoms with E-state index in [2.05, 4.69) is 75.4 Å². The van der Waals surface area contributed by atoms with Crippen LogP contribution in [0.3, 0.4) is 0 Å². The molecule has 0 N–H and O–H groups in total. The summed E-state index contributed by atoms with van der Waals surface area (Å²) in [4.78, 5) is 8.68. The summed E-state index contributed by atoms with van der Waals surface area (Å²) >= 11 is 12.8. The van der Waals surface area contributed by atoms with E-state index in [1.54, 1.807) is 12.4 Å². The van der Waals surface area contributed by atoms with Gasteiger partial charge in [0.25, 0.3) is 0 Å². The van der Waals surface area contributed by atoms with Gasteiger partial charge < -0.3 is 4.90 Å². The lowest BCUT2D eigenvalue weighted by Gasteiger charge is -2.39. The molecular weight excluding hydrogens is 445 g/mol. The van der Waals surface area contributed by atoms with Crippen LogP contribution in [-0.2, 0) is 5.54 Å². The van der Waals surface area contributed by atoms with Crippen LogP contribution in [0.1, 0.15) is 38.2 Å². The fourth-order valence-electron chi connectivity index (χ4n) is 3.92. The van der Waals surface area contributed by atoms with Gasteiger partial charge in [-0.3, -0.25) is 9.88 Å². The van der Waals surface area contributed by atoms with Crippen molar-refractivity contribution in [2.75, 3.05) is 31.1 Å². The van der Waals surface area contributed by atoms with Crippen molar-refractivity contribution in [3.8, 4) is 0 Å². The normalized spacial score (nSPS) is 16.6. The van der Waals surface area contributed by atoms with Crippen molar-refractivity contribution in [2.45, 2.75) is 32.4 Å². The van der Waals surface area contributed by atoms with E-state index in [9.17, 15) is 0 Å². The zero-order valence-electron chi connectivity index (χ0n) is 18.5. The molecule has 1 aromatic carbocycles. The molecule has 3 heterocycles. The number of benzene rings is 1. The van der Waals surface area contributed by atoms with E-state index in [1.807, 2.05) is 22.9 Å². The Labute approximate surface area is 198 Å². The molecule has 1 aliphatic rings. The second-order valence-electron chi connectivity index (χ2n) is 8.81. The second kappa shape index (κ2) is 9.57. The van der Waals surface area contributed by atoms with Gasteiger partial charge in [-0.15, -0.1) is 5.10 Å². The van der Waals surface area contributed by atoms with Crippen molar-refractivity contribution in [3.63, 3.8) is 0 Å². The minimum Gasteiger partial charge on any atom is -0.366 e. The maximum Gasteiger partial charge on any atom is 0.172 e. The molecule has 7 nitrogen and oxygen atoms in total. The molecule has 0 spiro atoms. The largest absolute Gasteiger partial charge is 0.366 e. The smallest absolute Gasteiger partial charge is 0.172 e. The van der Waals surface area contributed by atoms with E-state index in [1.165, 1.54) is 0 Å². The predicted molar refractivity (Wildman–Crippen MR) is 129 cm³/mol. The Bertz CT molecular complexity index is 1050. The third-order valence-electron chi connectivity index (χ3n) is 5.52. The Kier molecular flexibility index (Phi) is 6.79. The van der Waals surface area contributed by atoms with Crippen LogP contribution < -0.4 is 4.90 Å². The van der Waals surface area contributed by atoms with Crippen molar-refractivity contribution < 1.29 is 0 Å². The summed E-state index contributed by atoms with van der Waals surface area (Å²) in [5, 5.41) is 13.8. The molecule has 168 valence electrons. The van der Waals surface area contributed by atoms with Crippen molar-refractivity contribution in [2.24, 2.45) is 0 Å². The molecule has 0 saturated carbocycles. The lowest BCUT2D eigenvalue weighted by Crippen LogP contribution is -2.48. The summed E-state index contributed by atoms with van der Waals surface area (Å²) in [5.74, 6) is 0.832. The van der Waals surface area contributed by atoms with Crippen LogP contribution in [0.25, 0.3) is 6.08 Å². The summed E-state index contributed by atoms with van der Waals surface area (Å²) in [6.07, 6.45) is 7.59. The number of anilines is 1. The minimum absolute atomic E-state index is 0.0602. The third kappa shape index (κ3) is 4.95. The molecular formula is C23H27Cl2N7. The van der Waals surface area contributed by atoms with E-state index < -0.39 is 0 Å². The fraction of sp³-hybridized carbons (Fsp3) is 0.391. The number of hydrogen-bond acceptors (Lipinski definition) is 6. The van der Waals surface area contributed by atoms with Gasteiger partial charge in [0, 0.05) is 38.6 Å². The van der Waals surface area contributed by atoms with Gasteiger partial charge in [0.15, 0.2) is 5.82 Å². The summed E-state index contributed by atoms with van der Waals surface area (Å²) in [6, 6.07) is 10.2. The highest BCUT2D eigenvalue weighted by Gasteiger charge is 2.31. The van der Waals surface area contributed by atoms with Gasteiger partial charge in [0.2, 0.25) is 0 Å². The second-order valence-corrected chi connectivity index (χ2v) is 9.62. The topological polar surface area (TPSA) is 63.0 Å². The first-order valence-electron chi connectivity index (χ1n) is 10.6. The van der Waals surface area contributed by atoms with Crippen LogP contribution in [-0.4, -0.2) is 56.3 Å². The number of aromatic nitrogens is 5. The molecule has 0 amide bonds. The van der Waals surface area contributed by atoms with E-state index in [-0.39, 0.29) is 11.6 Å². The van der Waals surface area contributed by atoms with Gasteiger partial charge in [-0.05, 0) is 36.8 Å². The molecule has 1 fully saturated rings. The summed E-state index contributed by atoms with van der Waals surface area (Å²) in [5.41, 5.74) is 1.76. The first-order chi connectivity index (χ1) is 15.3. The van der Waals surface area contributed by atoms with Crippen LogP contribution in [0, 0.1) is 0 Å². The van der Waals surface area contributed by atoms with Crippen molar-refractivity contribution in [1.82, 2.24) is 30.1 Å². The van der Waals surface area contributed by atoms with Crippen LogP contribution in [0.5, 0.6) is 0 Å². The molecule has 1 saturated heterocycles. The number of pyridine rings is 1. The minimum atomic E-state index is -0.225. The van der Waals surface area contributed by atoms with E-state index >= 15 is 0 Å². The molecule has 0 bridgehead atoms. The van der Waals surface area contributed by atoms with Gasteiger partial charge in [-0.1, -0.05) is 65.7 Å². The molecule has 1 aliphatic heterocycles. The van der Waals surface area contributed by atoms with Gasteiger partial charge in [-0.2, -0.15) is 0 Å². The Balaban J connectivity index is 1.60. The van der Waals surface area contributed by atoms with Crippen molar-refractivity contribution >= 4 is 35.0 Å². The Hall–Kier alpha value is -2.48. The Morgan fingerprint density at radius 3 is 2.25 bits per heavy atom. The summed E-state index contributed by atoms with van der Waals surface area (Å²) < 4.78 is 1.91. The molecule has 2 aromatic heterocycles. The highest BCUT2D eigenvalue weighted by molar-refractivity contribution is 6.38. The molecule has 3 aromatic rings. The van der Waals surface area contributed by atoms with E-state index in [0.29, 0.717) is 10.0 Å².